The Balaban J connectivity index is 2.86. The molecule has 0 saturated heterocycles. The lowest BCUT2D eigenvalue weighted by atomic mass is 10.1. The number of amides is 1. The van der Waals surface area contributed by atoms with Crippen molar-refractivity contribution in [2.75, 3.05) is 19.8 Å². The maximum Gasteiger partial charge on any atom is 0.255 e. The first-order valence-corrected chi connectivity index (χ1v) is 7.38. The van der Waals surface area contributed by atoms with Gasteiger partial charge in [0.1, 0.15) is 0 Å². The first kappa shape index (κ1) is 17.6. The second-order valence-corrected chi connectivity index (χ2v) is 5.52. The van der Waals surface area contributed by atoms with Crippen LogP contribution in [0.2, 0.25) is 5.02 Å². The molecule has 0 aliphatic carbocycles. The summed E-state index contributed by atoms with van der Waals surface area (Å²) >= 11 is 6.21. The summed E-state index contributed by atoms with van der Waals surface area (Å²) in [4.78, 5) is 10.8. The zero-order chi connectivity index (χ0) is 15.8. The van der Waals surface area contributed by atoms with Crippen molar-refractivity contribution in [3.8, 4) is 11.5 Å². The van der Waals surface area contributed by atoms with Crippen LogP contribution in [0.15, 0.2) is 12.1 Å². The Bertz CT molecular complexity index is 478. The number of hydrogen-bond donors (Lipinski definition) is 2. The van der Waals surface area contributed by atoms with Crippen LogP contribution in [-0.4, -0.2) is 25.7 Å². The van der Waals surface area contributed by atoms with E-state index in [2.05, 4.69) is 19.2 Å². The van der Waals surface area contributed by atoms with Crippen LogP contribution in [0.5, 0.6) is 11.5 Å². The van der Waals surface area contributed by atoms with E-state index in [-0.39, 0.29) is 6.61 Å². The topological polar surface area (TPSA) is 73.6 Å². The van der Waals surface area contributed by atoms with Crippen LogP contribution in [0.4, 0.5) is 0 Å². The van der Waals surface area contributed by atoms with Crippen molar-refractivity contribution in [1.29, 1.82) is 0 Å². The van der Waals surface area contributed by atoms with E-state index in [1.807, 2.05) is 13.0 Å². The number of carbonyl (C=O) groups excluding carboxylic acids is 1. The molecule has 0 radical (unpaired) electrons. The van der Waals surface area contributed by atoms with Crippen LogP contribution < -0.4 is 20.5 Å². The summed E-state index contributed by atoms with van der Waals surface area (Å²) in [5.41, 5.74) is 6.08. The fourth-order valence-electron chi connectivity index (χ4n) is 1.77. The van der Waals surface area contributed by atoms with Gasteiger partial charge in [-0.2, -0.15) is 0 Å². The van der Waals surface area contributed by atoms with Gasteiger partial charge in [-0.05, 0) is 37.1 Å². The number of hydrogen-bond acceptors (Lipinski definition) is 4. The Morgan fingerprint density at radius 3 is 2.67 bits per heavy atom. The molecule has 0 unspecified atom stereocenters. The summed E-state index contributed by atoms with van der Waals surface area (Å²) < 4.78 is 10.9. The first-order chi connectivity index (χ1) is 9.93. The van der Waals surface area contributed by atoms with E-state index in [4.69, 9.17) is 26.8 Å². The molecule has 1 aromatic rings. The maximum absolute atomic E-state index is 10.8. The van der Waals surface area contributed by atoms with Crippen LogP contribution in [0.1, 0.15) is 26.3 Å². The van der Waals surface area contributed by atoms with Crippen molar-refractivity contribution in [3.05, 3.63) is 22.7 Å². The van der Waals surface area contributed by atoms with Crippen LogP contribution in [-0.2, 0) is 11.3 Å². The Morgan fingerprint density at radius 2 is 2.10 bits per heavy atom. The second kappa shape index (κ2) is 8.74. The average Bonchev–Trinajstić information content (AvgIpc) is 2.37. The molecule has 21 heavy (non-hydrogen) atoms. The highest BCUT2D eigenvalue weighted by atomic mass is 35.5. The van der Waals surface area contributed by atoms with Crippen molar-refractivity contribution >= 4 is 17.5 Å². The molecule has 0 spiro atoms. The lowest BCUT2D eigenvalue weighted by molar-refractivity contribution is -0.119. The predicted molar refractivity (Wildman–Crippen MR) is 83.9 cm³/mol. The Labute approximate surface area is 130 Å². The normalized spacial score (nSPS) is 10.7. The number of primary amides is 1. The third-order valence-corrected chi connectivity index (χ3v) is 2.89. The minimum atomic E-state index is -0.559. The molecule has 1 amide bonds. The van der Waals surface area contributed by atoms with Crippen LogP contribution >= 0.6 is 11.6 Å². The fraction of sp³-hybridized carbons (Fsp3) is 0.533. The van der Waals surface area contributed by atoms with Gasteiger partial charge in [0.25, 0.3) is 5.91 Å². The molecule has 0 aliphatic heterocycles. The molecular weight excluding hydrogens is 292 g/mol. The van der Waals surface area contributed by atoms with Gasteiger partial charge in [0.2, 0.25) is 0 Å². The van der Waals surface area contributed by atoms with E-state index >= 15 is 0 Å². The molecule has 1 rings (SSSR count). The second-order valence-electron chi connectivity index (χ2n) is 5.12. The van der Waals surface area contributed by atoms with E-state index in [9.17, 15) is 4.79 Å². The van der Waals surface area contributed by atoms with Crippen LogP contribution in [0.3, 0.4) is 0 Å². The van der Waals surface area contributed by atoms with Crippen molar-refractivity contribution in [2.45, 2.75) is 27.3 Å². The number of rotatable bonds is 9. The molecule has 0 aromatic heterocycles. The third-order valence-electron chi connectivity index (χ3n) is 2.61. The molecule has 1 aromatic carbocycles. The van der Waals surface area contributed by atoms with Gasteiger partial charge in [-0.25, -0.2) is 0 Å². The number of carbonyl (C=O) groups is 1. The van der Waals surface area contributed by atoms with E-state index in [0.29, 0.717) is 35.6 Å². The van der Waals surface area contributed by atoms with E-state index in [1.54, 1.807) is 6.07 Å². The molecule has 0 saturated carbocycles. The molecule has 118 valence electrons. The maximum atomic E-state index is 10.8. The molecular formula is C15H23ClN2O3. The SMILES string of the molecule is CCOc1cc(CNCC(C)C)cc(Cl)c1OCC(N)=O. The average molecular weight is 315 g/mol. The number of benzene rings is 1. The smallest absolute Gasteiger partial charge is 0.255 e. The number of nitrogens with one attached hydrogen (secondary N) is 1. The number of ether oxygens (including phenoxy) is 2. The van der Waals surface area contributed by atoms with Crippen molar-refractivity contribution < 1.29 is 14.3 Å². The molecule has 5 nitrogen and oxygen atoms in total. The van der Waals surface area contributed by atoms with Crippen molar-refractivity contribution in [1.82, 2.24) is 5.32 Å². The minimum absolute atomic E-state index is 0.231. The Morgan fingerprint density at radius 1 is 1.38 bits per heavy atom. The van der Waals surface area contributed by atoms with Gasteiger partial charge >= 0.3 is 0 Å². The van der Waals surface area contributed by atoms with Crippen molar-refractivity contribution in [2.24, 2.45) is 11.7 Å². The van der Waals surface area contributed by atoms with Gasteiger partial charge in [-0.3, -0.25) is 4.79 Å². The van der Waals surface area contributed by atoms with E-state index in [0.717, 1.165) is 12.1 Å². The van der Waals surface area contributed by atoms with Crippen LogP contribution in [0.25, 0.3) is 0 Å². The highest BCUT2D eigenvalue weighted by molar-refractivity contribution is 6.32. The zero-order valence-corrected chi connectivity index (χ0v) is 13.5. The third kappa shape index (κ3) is 6.23. The zero-order valence-electron chi connectivity index (χ0n) is 12.7. The predicted octanol–water partition coefficient (Wildman–Crippen LogP) is 2.35. The van der Waals surface area contributed by atoms with Crippen LogP contribution in [0, 0.1) is 5.92 Å². The molecule has 6 heteroatoms. The molecule has 0 atom stereocenters. The van der Waals surface area contributed by atoms with Gasteiger partial charge in [-0.1, -0.05) is 25.4 Å². The molecule has 0 heterocycles. The first-order valence-electron chi connectivity index (χ1n) is 7.01. The largest absolute Gasteiger partial charge is 0.490 e. The lowest BCUT2D eigenvalue weighted by Crippen LogP contribution is -2.21. The van der Waals surface area contributed by atoms with Gasteiger partial charge in [0.15, 0.2) is 18.1 Å². The quantitative estimate of drug-likeness (QED) is 0.734. The highest BCUT2D eigenvalue weighted by Crippen LogP contribution is 2.36. The van der Waals surface area contributed by atoms with E-state index in [1.165, 1.54) is 0 Å². The summed E-state index contributed by atoms with van der Waals surface area (Å²) in [6, 6.07) is 3.66. The fourth-order valence-corrected chi connectivity index (χ4v) is 2.06. The minimum Gasteiger partial charge on any atom is -0.490 e. The molecule has 0 fully saturated rings. The standard InChI is InChI=1S/C15H23ClN2O3/c1-4-20-13-6-11(8-18-7-10(2)3)5-12(16)15(13)21-9-14(17)19/h5-6,10,18H,4,7-9H2,1-3H3,(H2,17,19). The number of nitrogens with two attached hydrogens (primary N) is 1. The summed E-state index contributed by atoms with van der Waals surface area (Å²) in [6.45, 7) is 8.01. The summed E-state index contributed by atoms with van der Waals surface area (Å²) in [5.74, 6) is 0.888. The molecule has 0 bridgehead atoms. The highest BCUT2D eigenvalue weighted by Gasteiger charge is 2.13. The van der Waals surface area contributed by atoms with Gasteiger partial charge in [0, 0.05) is 6.54 Å². The van der Waals surface area contributed by atoms with Gasteiger partial charge in [-0.15, -0.1) is 0 Å². The Kier molecular flexibility index (Phi) is 7.32. The van der Waals surface area contributed by atoms with Gasteiger partial charge in [0.05, 0.1) is 11.6 Å². The number of halogens is 1. The summed E-state index contributed by atoms with van der Waals surface area (Å²) in [7, 11) is 0. The monoisotopic (exact) mass is 314 g/mol. The molecule has 0 aliphatic rings. The van der Waals surface area contributed by atoms with Crippen molar-refractivity contribution in [3.63, 3.8) is 0 Å². The summed E-state index contributed by atoms with van der Waals surface area (Å²) in [5, 5.41) is 3.74. The van der Waals surface area contributed by atoms with E-state index < -0.39 is 5.91 Å². The summed E-state index contributed by atoms with van der Waals surface area (Å²) in [6.07, 6.45) is 0. The lowest BCUT2D eigenvalue weighted by Gasteiger charge is -2.15. The molecule has 3 N–H and O–H groups in total. The van der Waals surface area contributed by atoms with Gasteiger partial charge < -0.3 is 20.5 Å². The Hall–Kier alpha value is -1.46.